The molecule has 1 saturated carbocycles. The lowest BCUT2D eigenvalue weighted by molar-refractivity contribution is -0.139. The highest BCUT2D eigenvalue weighted by Gasteiger charge is 2.41. The van der Waals surface area contributed by atoms with Crippen LogP contribution in [0.25, 0.3) is 0 Å². The summed E-state index contributed by atoms with van der Waals surface area (Å²) in [7, 11) is 0. The topological polar surface area (TPSA) is 75.4 Å². The van der Waals surface area contributed by atoms with Crippen LogP contribution in [0.2, 0.25) is 0 Å². The van der Waals surface area contributed by atoms with Crippen LogP contribution in [0.5, 0.6) is 0 Å². The van der Waals surface area contributed by atoms with E-state index in [1.54, 1.807) is 6.92 Å². The van der Waals surface area contributed by atoms with Crippen molar-refractivity contribution >= 4 is 11.8 Å². The fourth-order valence-electron chi connectivity index (χ4n) is 2.58. The molecule has 0 aromatic carbocycles. The minimum absolute atomic E-state index is 0.0194. The molecule has 1 aliphatic carbocycles. The lowest BCUT2D eigenvalue weighted by Crippen LogP contribution is -2.61. The third-order valence-electron chi connectivity index (χ3n) is 4.08. The minimum atomic E-state index is -0.726. The van der Waals surface area contributed by atoms with Crippen LogP contribution in [-0.4, -0.2) is 41.4 Å². The number of nitrogens with one attached hydrogen (secondary N) is 1. The van der Waals surface area contributed by atoms with E-state index in [4.69, 9.17) is 5.73 Å². The fourth-order valence-corrected chi connectivity index (χ4v) is 2.58. The predicted octanol–water partition coefficient (Wildman–Crippen LogP) is 0.385. The van der Waals surface area contributed by atoms with Crippen molar-refractivity contribution in [3.05, 3.63) is 0 Å². The van der Waals surface area contributed by atoms with E-state index in [0.29, 0.717) is 0 Å². The quantitative estimate of drug-likeness (QED) is 0.763. The highest BCUT2D eigenvalue weighted by Crippen LogP contribution is 2.29. The van der Waals surface area contributed by atoms with Gasteiger partial charge < -0.3 is 16.0 Å². The first-order valence-corrected chi connectivity index (χ1v) is 6.91. The average molecular weight is 253 g/mol. The van der Waals surface area contributed by atoms with Crippen LogP contribution in [0.15, 0.2) is 0 Å². The van der Waals surface area contributed by atoms with Gasteiger partial charge in [-0.3, -0.25) is 9.59 Å². The minimum Gasteiger partial charge on any atom is -0.343 e. The summed E-state index contributed by atoms with van der Waals surface area (Å²) in [5.41, 5.74) is 5.21. The van der Waals surface area contributed by atoms with Gasteiger partial charge in [-0.15, -0.1) is 0 Å². The zero-order valence-electron chi connectivity index (χ0n) is 11.1. The molecule has 0 aromatic heterocycles. The Morgan fingerprint density at radius 1 is 1.17 bits per heavy atom. The maximum absolute atomic E-state index is 12.1. The molecule has 1 unspecified atom stereocenters. The monoisotopic (exact) mass is 253 g/mol. The van der Waals surface area contributed by atoms with Crippen LogP contribution < -0.4 is 11.1 Å². The van der Waals surface area contributed by atoms with Gasteiger partial charge in [0.2, 0.25) is 11.8 Å². The van der Waals surface area contributed by atoms with E-state index >= 15 is 0 Å². The molecule has 1 aliphatic heterocycles. The summed E-state index contributed by atoms with van der Waals surface area (Å²) >= 11 is 0. The van der Waals surface area contributed by atoms with Gasteiger partial charge in [-0.1, -0.05) is 0 Å². The smallest absolute Gasteiger partial charge is 0.244 e. The van der Waals surface area contributed by atoms with Crippen molar-refractivity contribution in [2.45, 2.75) is 57.0 Å². The summed E-state index contributed by atoms with van der Waals surface area (Å²) in [6, 6.07) is -0.461. The number of carbonyl (C=O) groups excluding carboxylic acids is 2. The van der Waals surface area contributed by atoms with Crippen LogP contribution in [0, 0.1) is 0 Å². The molecule has 1 saturated heterocycles. The van der Waals surface area contributed by atoms with Gasteiger partial charge in [-0.05, 0) is 45.4 Å². The number of nitrogens with zero attached hydrogens (tertiary/aromatic N) is 1. The molecule has 0 radical (unpaired) electrons. The van der Waals surface area contributed by atoms with E-state index in [-0.39, 0.29) is 11.8 Å². The first-order valence-electron chi connectivity index (χ1n) is 6.91. The van der Waals surface area contributed by atoms with Crippen molar-refractivity contribution in [2.75, 3.05) is 13.1 Å². The first kappa shape index (κ1) is 13.3. The standard InChI is InChI=1S/C13H23N3O2/c1-10(11(17)16-8-3-2-4-9-16)15-12(18)13(14)6-5-7-13/h10H,2-9,14H2,1H3,(H,15,18). The summed E-state index contributed by atoms with van der Waals surface area (Å²) in [6.07, 6.45) is 5.77. The number of rotatable bonds is 3. The van der Waals surface area contributed by atoms with Crippen molar-refractivity contribution < 1.29 is 9.59 Å². The van der Waals surface area contributed by atoms with Gasteiger partial charge in [-0.2, -0.15) is 0 Å². The largest absolute Gasteiger partial charge is 0.343 e. The van der Waals surface area contributed by atoms with Crippen LogP contribution in [0.3, 0.4) is 0 Å². The summed E-state index contributed by atoms with van der Waals surface area (Å²) in [4.78, 5) is 25.9. The number of nitrogens with two attached hydrogens (primary N) is 1. The molecule has 102 valence electrons. The third kappa shape index (κ3) is 2.66. The van der Waals surface area contributed by atoms with E-state index in [0.717, 1.165) is 45.2 Å². The Labute approximate surface area is 108 Å². The van der Waals surface area contributed by atoms with Crippen molar-refractivity contribution in [1.29, 1.82) is 0 Å². The molecule has 2 aliphatic rings. The molecule has 18 heavy (non-hydrogen) atoms. The zero-order valence-corrected chi connectivity index (χ0v) is 11.1. The Bertz CT molecular complexity index is 333. The van der Waals surface area contributed by atoms with Crippen molar-refractivity contribution in [3.63, 3.8) is 0 Å². The molecule has 5 heteroatoms. The molecule has 2 rings (SSSR count). The second-order valence-corrected chi connectivity index (χ2v) is 5.59. The lowest BCUT2D eigenvalue weighted by Gasteiger charge is -2.37. The van der Waals surface area contributed by atoms with Crippen LogP contribution in [0.1, 0.15) is 45.4 Å². The molecule has 0 spiro atoms. The molecular formula is C13H23N3O2. The summed E-state index contributed by atoms with van der Waals surface area (Å²) < 4.78 is 0. The van der Waals surface area contributed by atoms with Gasteiger partial charge in [0.15, 0.2) is 0 Å². The second kappa shape index (κ2) is 5.26. The molecule has 3 N–H and O–H groups in total. The van der Waals surface area contributed by atoms with E-state index in [1.165, 1.54) is 6.42 Å². The predicted molar refractivity (Wildman–Crippen MR) is 68.8 cm³/mol. The Morgan fingerprint density at radius 3 is 2.28 bits per heavy atom. The van der Waals surface area contributed by atoms with Gasteiger partial charge in [0.05, 0.1) is 5.54 Å². The normalized spacial score (nSPS) is 24.0. The van der Waals surface area contributed by atoms with Gasteiger partial charge in [0, 0.05) is 13.1 Å². The van der Waals surface area contributed by atoms with Crippen molar-refractivity contribution in [1.82, 2.24) is 10.2 Å². The first-order chi connectivity index (χ1) is 8.53. The lowest BCUT2D eigenvalue weighted by atomic mass is 9.77. The number of carbonyl (C=O) groups is 2. The van der Waals surface area contributed by atoms with Crippen LogP contribution in [0.4, 0.5) is 0 Å². The summed E-state index contributed by atoms with van der Waals surface area (Å²) in [5, 5.41) is 2.76. The van der Waals surface area contributed by atoms with E-state index in [2.05, 4.69) is 5.32 Å². The van der Waals surface area contributed by atoms with Crippen LogP contribution >= 0.6 is 0 Å². The fraction of sp³-hybridized carbons (Fsp3) is 0.846. The summed E-state index contributed by atoms with van der Waals surface area (Å²) in [6.45, 7) is 3.37. The third-order valence-corrected chi connectivity index (χ3v) is 4.08. The average Bonchev–Trinajstić information content (AvgIpc) is 2.35. The molecular weight excluding hydrogens is 230 g/mol. The zero-order chi connectivity index (χ0) is 13.2. The Hall–Kier alpha value is -1.10. The molecule has 2 fully saturated rings. The Morgan fingerprint density at radius 2 is 1.78 bits per heavy atom. The second-order valence-electron chi connectivity index (χ2n) is 5.59. The summed E-state index contributed by atoms with van der Waals surface area (Å²) in [5.74, 6) is -0.155. The molecule has 0 bridgehead atoms. The maximum Gasteiger partial charge on any atom is 0.244 e. The number of hydrogen-bond acceptors (Lipinski definition) is 3. The van der Waals surface area contributed by atoms with Gasteiger partial charge in [0.1, 0.15) is 6.04 Å². The highest BCUT2D eigenvalue weighted by atomic mass is 16.2. The van der Waals surface area contributed by atoms with Gasteiger partial charge in [0.25, 0.3) is 0 Å². The van der Waals surface area contributed by atoms with E-state index in [9.17, 15) is 9.59 Å². The van der Waals surface area contributed by atoms with E-state index in [1.807, 2.05) is 4.90 Å². The van der Waals surface area contributed by atoms with E-state index < -0.39 is 11.6 Å². The SMILES string of the molecule is CC(NC(=O)C1(N)CCC1)C(=O)N1CCCCC1. The molecule has 1 heterocycles. The van der Waals surface area contributed by atoms with Crippen LogP contribution in [-0.2, 0) is 9.59 Å². The molecule has 5 nitrogen and oxygen atoms in total. The van der Waals surface area contributed by atoms with Gasteiger partial charge >= 0.3 is 0 Å². The maximum atomic E-state index is 12.1. The van der Waals surface area contributed by atoms with Crippen molar-refractivity contribution in [2.24, 2.45) is 5.73 Å². The number of hydrogen-bond donors (Lipinski definition) is 2. The molecule has 2 amide bonds. The highest BCUT2D eigenvalue weighted by molar-refractivity contribution is 5.92. The molecule has 0 aromatic rings. The van der Waals surface area contributed by atoms with Crippen molar-refractivity contribution in [3.8, 4) is 0 Å². The number of likely N-dealkylation sites (tertiary alicyclic amines) is 1. The Balaban J connectivity index is 1.84. The molecule has 1 atom stereocenters. The Kier molecular flexibility index (Phi) is 3.90. The number of piperidine rings is 1. The number of amides is 2. The van der Waals surface area contributed by atoms with Gasteiger partial charge in [-0.25, -0.2) is 0 Å².